The van der Waals surface area contributed by atoms with Crippen molar-refractivity contribution in [2.75, 3.05) is 0 Å². The van der Waals surface area contributed by atoms with Gasteiger partial charge in [0.05, 0.1) is 8.42 Å². The second-order valence-corrected chi connectivity index (χ2v) is 16.0. The molecular formula is C26H19F9O3S5. The molecular weight excluding hydrogens is 692 g/mol. The molecule has 234 valence electrons. The first-order chi connectivity index (χ1) is 19.7. The quantitative estimate of drug-likeness (QED) is 0.104. The summed E-state index contributed by atoms with van der Waals surface area (Å²) in [6.07, 6.45) is -7.16. The van der Waals surface area contributed by atoms with E-state index in [1.807, 2.05) is 23.1 Å². The summed E-state index contributed by atoms with van der Waals surface area (Å²) in [5.74, 6) is -14.8. The van der Waals surface area contributed by atoms with Gasteiger partial charge in [0, 0.05) is 6.07 Å². The summed E-state index contributed by atoms with van der Waals surface area (Å²) in [5, 5.41) is -4.97. The Hall–Kier alpha value is -2.18. The normalized spacial score (nSPS) is 13.1. The van der Waals surface area contributed by atoms with E-state index in [0.29, 0.717) is 0 Å². The summed E-state index contributed by atoms with van der Waals surface area (Å²) in [7, 11) is -7.47. The van der Waals surface area contributed by atoms with E-state index in [9.17, 15) is 52.5 Å². The molecule has 2 heterocycles. The minimum absolute atomic E-state index is 0.0502. The van der Waals surface area contributed by atoms with Crippen molar-refractivity contribution in [1.29, 1.82) is 0 Å². The first kappa shape index (κ1) is 35.3. The first-order valence-electron chi connectivity index (χ1n) is 11.5. The third kappa shape index (κ3) is 7.73. The Morgan fingerprint density at radius 3 is 1.58 bits per heavy atom. The van der Waals surface area contributed by atoms with Crippen LogP contribution in [0.3, 0.4) is 0 Å². The van der Waals surface area contributed by atoms with E-state index in [0.717, 1.165) is 0 Å². The van der Waals surface area contributed by atoms with Crippen LogP contribution in [0.15, 0.2) is 101 Å². The number of hydrogen-bond donors (Lipinski definition) is 0. The van der Waals surface area contributed by atoms with Gasteiger partial charge in [-0.2, -0.15) is 39.5 Å². The van der Waals surface area contributed by atoms with Gasteiger partial charge in [0.25, 0.3) is 0 Å². The van der Waals surface area contributed by atoms with E-state index in [1.54, 1.807) is 11.3 Å². The van der Waals surface area contributed by atoms with Crippen molar-refractivity contribution in [2.45, 2.75) is 59.5 Å². The Labute approximate surface area is 255 Å². The molecule has 4 rings (SSSR count). The molecule has 2 aromatic carbocycles. The molecule has 0 aliphatic heterocycles. The van der Waals surface area contributed by atoms with Crippen LogP contribution in [0.2, 0.25) is 0 Å². The number of halogens is 9. The van der Waals surface area contributed by atoms with Gasteiger partial charge in [-0.25, -0.2) is 8.42 Å². The second-order valence-electron chi connectivity index (χ2n) is 8.66. The van der Waals surface area contributed by atoms with E-state index in [1.165, 1.54) is 33.5 Å². The predicted octanol–water partition coefficient (Wildman–Crippen LogP) is 9.63. The third-order valence-electron chi connectivity index (χ3n) is 5.40. The molecule has 4 aromatic rings. The first-order valence-corrected chi connectivity index (χ1v) is 16.7. The highest BCUT2D eigenvalue weighted by Gasteiger charge is 2.83. The van der Waals surface area contributed by atoms with Crippen molar-refractivity contribution in [2.24, 2.45) is 0 Å². The van der Waals surface area contributed by atoms with Crippen molar-refractivity contribution in [3.05, 3.63) is 89.3 Å². The zero-order valence-corrected chi connectivity index (χ0v) is 25.8. The SMILES string of the molecule is Cc1ccc([S+](c2ccc(C)cc2)c2ccc(Sc3cccs3)s2)cc1.O=S(=O)([O-])C(F)(F)C(F)(F)C(F)(F)C(F)(F)F. The van der Waals surface area contributed by atoms with E-state index in [4.69, 9.17) is 0 Å². The lowest BCUT2D eigenvalue weighted by molar-refractivity contribution is -0.382. The minimum atomic E-state index is -7.43. The van der Waals surface area contributed by atoms with Gasteiger partial charge in [-0.1, -0.05) is 64.6 Å². The largest absolute Gasteiger partial charge is 0.743 e. The maximum absolute atomic E-state index is 12.2. The summed E-state index contributed by atoms with van der Waals surface area (Å²) in [6.45, 7) is 4.30. The van der Waals surface area contributed by atoms with Gasteiger partial charge < -0.3 is 4.55 Å². The molecule has 0 spiro atoms. The topological polar surface area (TPSA) is 57.2 Å². The van der Waals surface area contributed by atoms with Crippen LogP contribution in [-0.2, 0) is 21.0 Å². The van der Waals surface area contributed by atoms with Gasteiger partial charge >= 0.3 is 23.3 Å². The lowest BCUT2D eigenvalue weighted by Crippen LogP contribution is -2.63. The van der Waals surface area contributed by atoms with Crippen LogP contribution < -0.4 is 0 Å². The van der Waals surface area contributed by atoms with Gasteiger partial charge in [0.2, 0.25) is 4.21 Å². The van der Waals surface area contributed by atoms with Crippen LogP contribution in [0, 0.1) is 13.8 Å². The van der Waals surface area contributed by atoms with Crippen LogP contribution in [-0.4, -0.2) is 36.2 Å². The Bertz CT molecular complexity index is 1550. The average molecular weight is 711 g/mol. The maximum atomic E-state index is 12.2. The number of aryl methyl sites for hydroxylation is 2. The van der Waals surface area contributed by atoms with Crippen molar-refractivity contribution in [3.63, 3.8) is 0 Å². The van der Waals surface area contributed by atoms with E-state index >= 15 is 0 Å². The predicted molar refractivity (Wildman–Crippen MR) is 148 cm³/mol. The zero-order valence-electron chi connectivity index (χ0n) is 21.7. The Morgan fingerprint density at radius 2 is 1.19 bits per heavy atom. The van der Waals surface area contributed by atoms with Crippen LogP contribution >= 0.6 is 34.4 Å². The average Bonchev–Trinajstić information content (AvgIpc) is 3.58. The highest BCUT2D eigenvalue weighted by atomic mass is 32.2. The molecule has 0 atom stereocenters. The summed E-state index contributed by atoms with van der Waals surface area (Å²) >= 11 is 5.59. The molecule has 0 N–H and O–H groups in total. The molecule has 0 radical (unpaired) electrons. The standard InChI is InChI=1S/C22H19S4.C4HF9O3S/c1-16-5-9-18(10-6-16)26(19-11-7-17(2)8-12-19)22-14-13-21(25-22)24-20-4-3-15-23-20;5-1(6,3(9,10)11)2(7,8)4(12,13)17(14,15)16/h3-15H,1-2H3;(H,14,15,16)/q+1;/p-1. The van der Waals surface area contributed by atoms with E-state index < -0.39 is 33.4 Å². The molecule has 2 aromatic heterocycles. The summed E-state index contributed by atoms with van der Waals surface area (Å²) < 4.78 is 140. The number of thiophene rings is 2. The van der Waals surface area contributed by atoms with Crippen molar-refractivity contribution < 1.29 is 52.5 Å². The summed E-state index contributed by atoms with van der Waals surface area (Å²) in [4.78, 5) is 2.77. The van der Waals surface area contributed by atoms with Gasteiger partial charge in [-0.15, -0.1) is 11.3 Å². The number of rotatable bonds is 8. The highest BCUT2D eigenvalue weighted by Crippen LogP contribution is 2.54. The fraction of sp³-hybridized carbons (Fsp3) is 0.231. The smallest absolute Gasteiger partial charge is 0.460 e. The van der Waals surface area contributed by atoms with Gasteiger partial charge in [-0.3, -0.25) is 0 Å². The van der Waals surface area contributed by atoms with Gasteiger partial charge in [0.15, 0.2) is 19.9 Å². The molecule has 0 bridgehead atoms. The maximum Gasteiger partial charge on any atom is 0.460 e. The Kier molecular flexibility index (Phi) is 10.7. The minimum Gasteiger partial charge on any atom is -0.743 e. The molecule has 0 amide bonds. The fourth-order valence-electron chi connectivity index (χ4n) is 3.12. The highest BCUT2D eigenvalue weighted by molar-refractivity contribution is 8.03. The molecule has 0 saturated carbocycles. The lowest BCUT2D eigenvalue weighted by Gasteiger charge is -2.34. The van der Waals surface area contributed by atoms with Gasteiger partial charge in [0.1, 0.15) is 10.9 Å². The second kappa shape index (κ2) is 13.0. The van der Waals surface area contributed by atoms with Crippen LogP contribution in [0.25, 0.3) is 0 Å². The molecule has 3 nitrogen and oxygen atoms in total. The van der Waals surface area contributed by atoms with E-state index in [-0.39, 0.29) is 10.9 Å². The van der Waals surface area contributed by atoms with Crippen LogP contribution in [0.5, 0.6) is 0 Å². The molecule has 0 aliphatic rings. The molecule has 0 fully saturated rings. The Morgan fingerprint density at radius 1 is 0.698 bits per heavy atom. The number of hydrogen-bond acceptors (Lipinski definition) is 6. The fourth-order valence-corrected chi connectivity index (χ4v) is 9.55. The number of benzene rings is 2. The number of alkyl halides is 9. The zero-order chi connectivity index (χ0) is 32.4. The van der Waals surface area contributed by atoms with Crippen LogP contribution in [0.1, 0.15) is 11.1 Å². The molecule has 0 unspecified atom stereocenters. The monoisotopic (exact) mass is 710 g/mol. The van der Waals surface area contributed by atoms with E-state index in [2.05, 4.69) is 92.0 Å². The van der Waals surface area contributed by atoms with Crippen molar-refractivity contribution in [3.8, 4) is 0 Å². The lowest BCUT2D eigenvalue weighted by atomic mass is 10.1. The summed E-state index contributed by atoms with van der Waals surface area (Å²) in [5.41, 5.74) is 2.61. The van der Waals surface area contributed by atoms with Crippen molar-refractivity contribution >= 4 is 55.4 Å². The summed E-state index contributed by atoms with van der Waals surface area (Å²) in [6, 6.07) is 26.9. The molecule has 0 saturated heterocycles. The molecule has 0 aliphatic carbocycles. The third-order valence-corrected chi connectivity index (χ3v) is 12.1. The molecule has 43 heavy (non-hydrogen) atoms. The molecule has 17 heteroatoms. The van der Waals surface area contributed by atoms with Crippen molar-refractivity contribution in [1.82, 2.24) is 0 Å². The van der Waals surface area contributed by atoms with Crippen LogP contribution in [0.4, 0.5) is 39.5 Å². The van der Waals surface area contributed by atoms with Gasteiger partial charge in [-0.05, 0) is 55.6 Å². The Balaban J connectivity index is 0.000000261.